The highest BCUT2D eigenvalue weighted by Crippen LogP contribution is 2.61. The molecule has 0 aromatic carbocycles. The second-order valence-electron chi connectivity index (χ2n) is 11.1. The molecule has 1 saturated heterocycles. The summed E-state index contributed by atoms with van der Waals surface area (Å²) in [5.41, 5.74) is 1.47. The van der Waals surface area contributed by atoms with Crippen LogP contribution < -0.4 is 10.7 Å². The summed E-state index contributed by atoms with van der Waals surface area (Å²) in [6.45, 7) is 1.65. The lowest BCUT2D eigenvalue weighted by Crippen LogP contribution is -2.52. The molecular weight excluding hydrogens is 398 g/mol. The average Bonchev–Trinajstić information content (AvgIpc) is 2.91. The number of nitrogens with zero attached hydrogens (tertiary/aromatic N) is 1. The Kier molecular flexibility index (Phi) is 5.01. The first-order chi connectivity index (χ1) is 14.8. The number of carbonyl (C=O) groups is 4. The van der Waals surface area contributed by atoms with E-state index in [1.807, 2.05) is 0 Å². The summed E-state index contributed by atoms with van der Waals surface area (Å²) in [4.78, 5) is 49.9. The number of urea groups is 1. The third kappa shape index (κ3) is 3.82. The molecule has 5 aliphatic carbocycles. The van der Waals surface area contributed by atoms with Gasteiger partial charge in [-0.2, -0.15) is 5.01 Å². The second-order valence-corrected chi connectivity index (χ2v) is 11.1. The van der Waals surface area contributed by atoms with E-state index in [1.54, 1.807) is 0 Å². The van der Waals surface area contributed by atoms with E-state index in [2.05, 4.69) is 17.7 Å². The predicted octanol–water partition coefficient (Wildman–Crippen LogP) is 2.67. The number of nitrogens with one attached hydrogen (secondary N) is 2. The van der Waals surface area contributed by atoms with Gasteiger partial charge in [0.05, 0.1) is 6.42 Å². The van der Waals surface area contributed by atoms with Crippen LogP contribution in [0.4, 0.5) is 4.79 Å². The largest absolute Gasteiger partial charge is 0.455 e. The predicted molar refractivity (Wildman–Crippen MR) is 110 cm³/mol. The van der Waals surface area contributed by atoms with Crippen LogP contribution in [0.3, 0.4) is 0 Å². The van der Waals surface area contributed by atoms with Gasteiger partial charge in [-0.05, 0) is 93.3 Å². The van der Waals surface area contributed by atoms with Gasteiger partial charge >= 0.3 is 12.0 Å². The molecule has 8 heteroatoms. The fourth-order valence-electron chi connectivity index (χ4n) is 7.48. The fraction of sp³-hybridized carbons (Fsp3) is 0.826. The van der Waals surface area contributed by atoms with Crippen molar-refractivity contribution in [3.63, 3.8) is 0 Å². The zero-order valence-corrected chi connectivity index (χ0v) is 18.3. The minimum atomic E-state index is -0.911. The maximum atomic E-state index is 12.8. The van der Waals surface area contributed by atoms with Crippen molar-refractivity contribution in [2.45, 2.75) is 83.1 Å². The maximum Gasteiger partial charge on any atom is 0.344 e. The normalized spacial score (nSPS) is 40.9. The molecule has 6 aliphatic rings. The number of amides is 4. The first-order valence-corrected chi connectivity index (χ1v) is 11.9. The summed E-state index contributed by atoms with van der Waals surface area (Å²) in [5, 5.41) is 3.52. The van der Waals surface area contributed by atoms with E-state index in [0.29, 0.717) is 25.2 Å². The first kappa shape index (κ1) is 20.8. The summed E-state index contributed by atoms with van der Waals surface area (Å²) in [6, 6.07) is -0.618. The Morgan fingerprint density at radius 3 is 2.23 bits per heavy atom. The van der Waals surface area contributed by atoms with Crippen LogP contribution in [-0.2, 0) is 19.1 Å². The quantitative estimate of drug-likeness (QED) is 0.514. The van der Waals surface area contributed by atoms with Gasteiger partial charge in [-0.15, -0.1) is 0 Å². The third-order valence-corrected chi connectivity index (χ3v) is 8.57. The Hall–Kier alpha value is -2.12. The van der Waals surface area contributed by atoms with Gasteiger partial charge in [0.25, 0.3) is 11.8 Å². The van der Waals surface area contributed by atoms with Gasteiger partial charge in [-0.3, -0.25) is 19.8 Å². The number of hydrogen-bond acceptors (Lipinski definition) is 5. The molecule has 1 heterocycles. The topological polar surface area (TPSA) is 105 Å². The Morgan fingerprint density at radius 2 is 1.65 bits per heavy atom. The first-order valence-electron chi connectivity index (χ1n) is 11.9. The number of esters is 1. The van der Waals surface area contributed by atoms with E-state index in [4.69, 9.17) is 4.74 Å². The standard InChI is InChI=1S/C23H33N3O5/c1-14-2-4-23(5-3-14)20(29)26(21(30)24-23)25-18(27)13-31-19(28)12-22-9-15-6-16(10-22)8-17(7-15)11-22/h14-17H,2-13H2,1H3,(H,24,30)(H,25,27). The van der Waals surface area contributed by atoms with Crippen LogP contribution in [-0.4, -0.2) is 41.0 Å². The van der Waals surface area contributed by atoms with Crippen LogP contribution in [0, 0.1) is 29.1 Å². The van der Waals surface area contributed by atoms with Gasteiger partial charge < -0.3 is 10.1 Å². The van der Waals surface area contributed by atoms with E-state index >= 15 is 0 Å². The molecule has 0 atom stereocenters. The molecule has 0 aromatic rings. The highest BCUT2D eigenvalue weighted by atomic mass is 16.5. The van der Waals surface area contributed by atoms with Crippen molar-refractivity contribution in [3.05, 3.63) is 0 Å². The van der Waals surface area contributed by atoms with Gasteiger partial charge in [0.1, 0.15) is 5.54 Å². The molecule has 5 saturated carbocycles. The lowest BCUT2D eigenvalue weighted by molar-refractivity contribution is -0.156. The number of rotatable bonds is 5. The molecule has 1 aliphatic heterocycles. The minimum absolute atomic E-state index is 0.0532. The maximum absolute atomic E-state index is 12.8. The average molecular weight is 432 g/mol. The lowest BCUT2D eigenvalue weighted by atomic mass is 9.49. The summed E-state index contributed by atoms with van der Waals surface area (Å²) in [5.74, 6) is 1.33. The van der Waals surface area contributed by atoms with Crippen LogP contribution in [0.25, 0.3) is 0 Å². The molecule has 0 unspecified atom stereocenters. The summed E-state index contributed by atoms with van der Waals surface area (Å²) < 4.78 is 5.25. The van der Waals surface area contributed by atoms with E-state index in [9.17, 15) is 19.2 Å². The van der Waals surface area contributed by atoms with Crippen molar-refractivity contribution in [3.8, 4) is 0 Å². The van der Waals surface area contributed by atoms with Crippen molar-refractivity contribution in [2.24, 2.45) is 29.1 Å². The van der Waals surface area contributed by atoms with Crippen molar-refractivity contribution in [1.82, 2.24) is 15.8 Å². The summed E-state index contributed by atoms with van der Waals surface area (Å²) in [6.07, 6.45) is 10.5. The lowest BCUT2D eigenvalue weighted by Gasteiger charge is -2.56. The number of ether oxygens (including phenoxy) is 1. The Bertz CT molecular complexity index is 766. The van der Waals surface area contributed by atoms with Gasteiger partial charge in [-0.25, -0.2) is 4.79 Å². The zero-order chi connectivity index (χ0) is 21.8. The Balaban J connectivity index is 1.12. The van der Waals surface area contributed by atoms with Gasteiger partial charge in [-0.1, -0.05) is 6.92 Å². The summed E-state index contributed by atoms with van der Waals surface area (Å²) in [7, 11) is 0. The number of hydrogen-bond donors (Lipinski definition) is 2. The van der Waals surface area contributed by atoms with E-state index in [-0.39, 0.29) is 11.4 Å². The smallest absolute Gasteiger partial charge is 0.344 e. The summed E-state index contributed by atoms with van der Waals surface area (Å²) >= 11 is 0. The van der Waals surface area contributed by atoms with Crippen molar-refractivity contribution >= 4 is 23.8 Å². The zero-order valence-electron chi connectivity index (χ0n) is 18.3. The number of carbonyl (C=O) groups excluding carboxylic acids is 4. The molecule has 31 heavy (non-hydrogen) atoms. The minimum Gasteiger partial charge on any atom is -0.455 e. The molecule has 4 amide bonds. The van der Waals surface area contributed by atoms with Crippen LogP contribution in [0.2, 0.25) is 0 Å². The van der Waals surface area contributed by atoms with Crippen LogP contribution in [0.1, 0.15) is 77.6 Å². The Labute approximate surface area is 182 Å². The molecular formula is C23H33N3O5. The highest BCUT2D eigenvalue weighted by Gasteiger charge is 2.53. The van der Waals surface area contributed by atoms with E-state index in [1.165, 1.54) is 19.3 Å². The molecule has 0 radical (unpaired) electrons. The van der Waals surface area contributed by atoms with Crippen molar-refractivity contribution in [1.29, 1.82) is 0 Å². The number of hydrazine groups is 1. The van der Waals surface area contributed by atoms with Crippen LogP contribution >= 0.6 is 0 Å². The van der Waals surface area contributed by atoms with Crippen LogP contribution in [0.15, 0.2) is 0 Å². The van der Waals surface area contributed by atoms with E-state index in [0.717, 1.165) is 54.9 Å². The van der Waals surface area contributed by atoms with Gasteiger partial charge in [0, 0.05) is 0 Å². The molecule has 6 rings (SSSR count). The molecule has 170 valence electrons. The van der Waals surface area contributed by atoms with Crippen molar-refractivity contribution in [2.75, 3.05) is 6.61 Å². The monoisotopic (exact) mass is 431 g/mol. The number of imide groups is 1. The molecule has 4 bridgehead atoms. The fourth-order valence-corrected chi connectivity index (χ4v) is 7.48. The van der Waals surface area contributed by atoms with Crippen molar-refractivity contribution < 1.29 is 23.9 Å². The third-order valence-electron chi connectivity index (χ3n) is 8.57. The SMILES string of the molecule is CC1CCC2(CC1)NC(=O)N(NC(=O)COC(=O)CC13CC4CC(CC(C4)C1)C3)C2=O. The molecule has 8 nitrogen and oxygen atoms in total. The van der Waals surface area contributed by atoms with E-state index < -0.39 is 30.0 Å². The second kappa shape index (κ2) is 7.48. The van der Waals surface area contributed by atoms with Crippen LogP contribution in [0.5, 0.6) is 0 Å². The van der Waals surface area contributed by atoms with Gasteiger partial charge in [0.2, 0.25) is 0 Å². The molecule has 1 spiro atoms. The highest BCUT2D eigenvalue weighted by molar-refractivity contribution is 6.08. The molecule has 2 N–H and O–H groups in total. The van der Waals surface area contributed by atoms with Gasteiger partial charge in [0.15, 0.2) is 6.61 Å². The molecule has 6 fully saturated rings. The molecule has 0 aromatic heterocycles. The Morgan fingerprint density at radius 1 is 1.06 bits per heavy atom.